The summed E-state index contributed by atoms with van der Waals surface area (Å²) < 4.78 is 0. The number of hydrogen-bond acceptors (Lipinski definition) is 2. The first-order valence-electron chi connectivity index (χ1n) is 11.8. The molecular formula is C32H30O2. The molecule has 0 saturated carbocycles. The summed E-state index contributed by atoms with van der Waals surface area (Å²) in [4.78, 5) is 26.7. The molecule has 0 aromatic heterocycles. The Hall–Kier alpha value is -3.78. The van der Waals surface area contributed by atoms with Gasteiger partial charge in [-0.3, -0.25) is 9.59 Å². The molecule has 2 heteroatoms. The number of Topliss-reactive ketones (excluding diaryl/α,β-unsaturated/α-hetero) is 2. The van der Waals surface area contributed by atoms with E-state index in [-0.39, 0.29) is 23.4 Å². The summed E-state index contributed by atoms with van der Waals surface area (Å²) in [5.74, 6) is -0.0572. The molecule has 0 radical (unpaired) electrons. The molecule has 4 aromatic carbocycles. The third kappa shape index (κ3) is 5.77. The van der Waals surface area contributed by atoms with Crippen molar-refractivity contribution in [1.29, 1.82) is 0 Å². The van der Waals surface area contributed by atoms with Gasteiger partial charge in [-0.2, -0.15) is 0 Å². The number of carbonyl (C=O) groups excluding carboxylic acids is 2. The Bertz CT molecular complexity index is 1120. The maximum atomic E-state index is 13.4. The van der Waals surface area contributed by atoms with Gasteiger partial charge in [-0.25, -0.2) is 0 Å². The molecule has 170 valence electrons. The maximum absolute atomic E-state index is 13.4. The van der Waals surface area contributed by atoms with E-state index >= 15 is 0 Å². The zero-order chi connectivity index (χ0) is 23.9. The van der Waals surface area contributed by atoms with Gasteiger partial charge in [-0.05, 0) is 36.8 Å². The van der Waals surface area contributed by atoms with Crippen molar-refractivity contribution in [3.05, 3.63) is 143 Å². The Labute approximate surface area is 202 Å². The van der Waals surface area contributed by atoms with E-state index in [9.17, 15) is 9.59 Å². The Morgan fingerprint density at radius 3 is 1.15 bits per heavy atom. The van der Waals surface area contributed by atoms with Crippen molar-refractivity contribution in [2.75, 3.05) is 0 Å². The number of benzene rings is 4. The zero-order valence-corrected chi connectivity index (χ0v) is 19.8. The van der Waals surface area contributed by atoms with Gasteiger partial charge in [0.25, 0.3) is 0 Å². The largest absolute Gasteiger partial charge is 0.294 e. The van der Waals surface area contributed by atoms with Crippen LogP contribution in [0.2, 0.25) is 0 Å². The van der Waals surface area contributed by atoms with E-state index in [0.29, 0.717) is 24.0 Å². The molecule has 2 atom stereocenters. The van der Waals surface area contributed by atoms with Gasteiger partial charge >= 0.3 is 0 Å². The first-order chi connectivity index (χ1) is 16.5. The summed E-state index contributed by atoms with van der Waals surface area (Å²) in [5, 5.41) is 0. The van der Waals surface area contributed by atoms with E-state index in [1.165, 1.54) is 11.1 Å². The predicted octanol–water partition coefficient (Wildman–Crippen LogP) is 7.72. The molecule has 0 aliphatic heterocycles. The fourth-order valence-electron chi connectivity index (χ4n) is 4.50. The van der Waals surface area contributed by atoms with Crippen LogP contribution >= 0.6 is 0 Å². The van der Waals surface area contributed by atoms with Crippen molar-refractivity contribution in [2.45, 2.75) is 38.5 Å². The summed E-state index contributed by atoms with van der Waals surface area (Å²) in [6, 6.07) is 35.6. The fourth-order valence-corrected chi connectivity index (χ4v) is 4.50. The number of carbonyl (C=O) groups is 2. The minimum Gasteiger partial charge on any atom is -0.294 e. The van der Waals surface area contributed by atoms with E-state index in [2.05, 4.69) is 62.4 Å². The second-order valence-electron chi connectivity index (χ2n) is 9.02. The highest BCUT2D eigenvalue weighted by Gasteiger charge is 2.30. The van der Waals surface area contributed by atoms with Crippen LogP contribution in [0.4, 0.5) is 0 Å². The lowest BCUT2D eigenvalue weighted by molar-refractivity contribution is 0.0936. The molecule has 0 amide bonds. The van der Waals surface area contributed by atoms with E-state index in [4.69, 9.17) is 0 Å². The molecule has 2 nitrogen and oxygen atoms in total. The minimum absolute atomic E-state index is 0.0930. The number of rotatable bonds is 9. The van der Waals surface area contributed by atoms with Gasteiger partial charge in [0.2, 0.25) is 0 Å². The molecule has 4 rings (SSSR count). The van der Waals surface area contributed by atoms with Crippen LogP contribution in [-0.2, 0) is 0 Å². The first-order valence-corrected chi connectivity index (χ1v) is 11.8. The second kappa shape index (κ2) is 10.9. The van der Waals surface area contributed by atoms with E-state index < -0.39 is 0 Å². The minimum atomic E-state index is -0.122. The molecule has 34 heavy (non-hydrogen) atoms. The van der Waals surface area contributed by atoms with Gasteiger partial charge in [0.15, 0.2) is 11.6 Å². The average Bonchev–Trinajstić information content (AvgIpc) is 2.88. The van der Waals surface area contributed by atoms with Crippen LogP contribution in [0.1, 0.15) is 67.6 Å². The van der Waals surface area contributed by atoms with Gasteiger partial charge in [0, 0.05) is 24.0 Å². The van der Waals surface area contributed by atoms with Gasteiger partial charge < -0.3 is 0 Å². The molecule has 0 heterocycles. The Morgan fingerprint density at radius 2 is 0.824 bits per heavy atom. The second-order valence-corrected chi connectivity index (χ2v) is 9.02. The predicted molar refractivity (Wildman–Crippen MR) is 139 cm³/mol. The molecule has 4 aromatic rings. The van der Waals surface area contributed by atoms with Crippen LogP contribution in [0.5, 0.6) is 0 Å². The van der Waals surface area contributed by atoms with Crippen molar-refractivity contribution in [1.82, 2.24) is 0 Å². The number of hydrogen-bond donors (Lipinski definition) is 0. The zero-order valence-electron chi connectivity index (χ0n) is 19.8. The molecule has 0 aliphatic carbocycles. The third-order valence-corrected chi connectivity index (χ3v) is 6.50. The Balaban J connectivity index is 1.75. The molecule has 0 aliphatic rings. The highest BCUT2D eigenvalue weighted by atomic mass is 16.1. The van der Waals surface area contributed by atoms with Gasteiger partial charge in [0.05, 0.1) is 0 Å². The third-order valence-electron chi connectivity index (χ3n) is 6.50. The smallest absolute Gasteiger partial charge is 0.163 e. The number of ketones is 2. The summed E-state index contributed by atoms with van der Waals surface area (Å²) in [6.45, 7) is 4.12. The van der Waals surface area contributed by atoms with Crippen LogP contribution in [0.25, 0.3) is 0 Å². The Morgan fingerprint density at radius 1 is 0.500 bits per heavy atom. The molecule has 0 bridgehead atoms. The highest BCUT2D eigenvalue weighted by molar-refractivity contribution is 5.98. The first kappa shape index (κ1) is 23.4. The lowest BCUT2D eigenvalue weighted by Gasteiger charge is -2.28. The lowest BCUT2D eigenvalue weighted by Crippen LogP contribution is -2.19. The lowest BCUT2D eigenvalue weighted by atomic mass is 9.75. The highest BCUT2D eigenvalue weighted by Crippen LogP contribution is 2.40. The fraction of sp³-hybridized carbons (Fsp3) is 0.188. The van der Waals surface area contributed by atoms with E-state index in [1.807, 2.05) is 60.7 Å². The average molecular weight is 447 g/mol. The van der Waals surface area contributed by atoms with Gasteiger partial charge in [0.1, 0.15) is 0 Å². The molecule has 0 N–H and O–H groups in total. The quantitative estimate of drug-likeness (QED) is 0.247. The summed E-state index contributed by atoms with van der Waals surface area (Å²) in [5.41, 5.74) is 5.92. The normalized spacial score (nSPS) is 12.6. The van der Waals surface area contributed by atoms with E-state index in [1.54, 1.807) is 0 Å². The molecule has 0 unspecified atom stereocenters. The molecule has 0 saturated heterocycles. The van der Waals surface area contributed by atoms with Crippen molar-refractivity contribution in [3.63, 3.8) is 0 Å². The van der Waals surface area contributed by atoms with Crippen molar-refractivity contribution < 1.29 is 9.59 Å². The van der Waals surface area contributed by atoms with Crippen LogP contribution < -0.4 is 0 Å². The van der Waals surface area contributed by atoms with E-state index in [0.717, 1.165) is 11.1 Å². The van der Waals surface area contributed by atoms with Crippen molar-refractivity contribution in [3.8, 4) is 0 Å². The van der Waals surface area contributed by atoms with Crippen molar-refractivity contribution >= 4 is 11.6 Å². The Kier molecular flexibility index (Phi) is 7.49. The number of aryl methyl sites for hydroxylation is 2. The van der Waals surface area contributed by atoms with Crippen molar-refractivity contribution in [2.24, 2.45) is 0 Å². The van der Waals surface area contributed by atoms with Gasteiger partial charge in [-0.1, -0.05) is 120 Å². The molecular weight excluding hydrogens is 416 g/mol. The van der Waals surface area contributed by atoms with Crippen LogP contribution in [0.15, 0.2) is 109 Å². The summed E-state index contributed by atoms with van der Waals surface area (Å²) >= 11 is 0. The molecule has 0 fully saturated rings. The SMILES string of the molecule is Cc1ccc([C@@H](CC(=O)c2ccccc2)[C@H](CC(=O)c2ccccc2)c2ccc(C)cc2)cc1. The van der Waals surface area contributed by atoms with Crippen LogP contribution in [-0.4, -0.2) is 11.6 Å². The topological polar surface area (TPSA) is 34.1 Å². The summed E-state index contributed by atoms with van der Waals surface area (Å²) in [6.07, 6.45) is 0.682. The standard InChI is InChI=1S/C32H30O2/c1-23-13-17-25(18-14-23)29(21-31(33)27-9-5-3-6-10-27)30(26-19-15-24(2)16-20-26)22-32(34)28-11-7-4-8-12-28/h3-20,29-30H,21-22H2,1-2H3/t29-,30-/m1/s1. The van der Waals surface area contributed by atoms with Crippen LogP contribution in [0, 0.1) is 13.8 Å². The van der Waals surface area contributed by atoms with Gasteiger partial charge in [-0.15, -0.1) is 0 Å². The molecule has 0 spiro atoms. The monoisotopic (exact) mass is 446 g/mol. The summed E-state index contributed by atoms with van der Waals surface area (Å²) in [7, 11) is 0. The van der Waals surface area contributed by atoms with Crippen LogP contribution in [0.3, 0.4) is 0 Å². The maximum Gasteiger partial charge on any atom is 0.163 e.